The van der Waals surface area contributed by atoms with Crippen molar-refractivity contribution in [2.75, 3.05) is 54.4 Å². The van der Waals surface area contributed by atoms with Gasteiger partial charge in [0.05, 0.1) is 0 Å². The second kappa shape index (κ2) is 25.6. The summed E-state index contributed by atoms with van der Waals surface area (Å²) in [5.74, 6) is 3.56. The van der Waals surface area contributed by atoms with Crippen LogP contribution in [-0.2, 0) is 0 Å². The topological polar surface area (TPSA) is 73.5 Å². The average molecular weight is 856 g/mol. The first-order valence-electron chi connectivity index (χ1n) is 21.8. The number of alkyl halides is 1. The van der Waals surface area contributed by atoms with Gasteiger partial charge in [-0.25, -0.2) is 0 Å². The number of fused-ring (bicyclic) bond motifs is 2. The predicted molar refractivity (Wildman–Crippen MR) is 250 cm³/mol. The van der Waals surface area contributed by atoms with E-state index in [1.807, 2.05) is 49.4 Å². The van der Waals surface area contributed by atoms with Crippen LogP contribution in [0.3, 0.4) is 0 Å². The molecule has 2 spiro atoms. The number of anilines is 2. The average Bonchev–Trinajstić information content (AvgIpc) is 3.43. The number of piperidine rings is 2. The Morgan fingerprint density at radius 3 is 1.55 bits per heavy atom. The van der Waals surface area contributed by atoms with Crippen molar-refractivity contribution in [1.82, 2.24) is 10.2 Å². The van der Waals surface area contributed by atoms with E-state index in [2.05, 4.69) is 55.5 Å². The Morgan fingerprint density at radius 1 is 0.661 bits per heavy atom. The molecular weight excluding hydrogens is 777 g/mol. The van der Waals surface area contributed by atoms with Gasteiger partial charge in [-0.3, -0.25) is 9.59 Å². The van der Waals surface area contributed by atoms with Crippen molar-refractivity contribution in [3.05, 3.63) is 59.7 Å². The second-order valence-electron chi connectivity index (χ2n) is 16.9. The number of rotatable bonds is 5. The predicted octanol–water partition coefficient (Wildman–Crippen LogP) is 12.6. The molecule has 8 heteroatoms. The summed E-state index contributed by atoms with van der Waals surface area (Å²) in [6, 6.07) is 16.0. The first-order chi connectivity index (χ1) is 26.4. The van der Waals surface area contributed by atoms with Crippen LogP contribution < -0.4 is 16.0 Å². The van der Waals surface area contributed by atoms with Crippen LogP contribution >= 0.6 is 28.6 Å². The number of likely N-dealkylation sites (tertiary alicyclic amines) is 1. The molecular formula is C48H79BrN4O2S. The van der Waals surface area contributed by atoms with E-state index in [1.54, 1.807) is 0 Å². The monoisotopic (exact) mass is 855 g/mol. The van der Waals surface area contributed by atoms with E-state index in [9.17, 15) is 9.59 Å². The molecule has 0 aromatic heterocycles. The summed E-state index contributed by atoms with van der Waals surface area (Å²) in [5, 5.41) is 12.0. The molecule has 4 fully saturated rings. The molecule has 2 aromatic carbocycles. The smallest absolute Gasteiger partial charge is 0.165 e. The molecule has 0 radical (unpaired) electrons. The van der Waals surface area contributed by atoms with Gasteiger partial charge in [-0.2, -0.15) is 12.6 Å². The molecule has 2 saturated heterocycles. The molecule has 4 heterocycles. The van der Waals surface area contributed by atoms with Gasteiger partial charge in [-0.1, -0.05) is 126 Å². The Hall–Kier alpha value is -1.87. The Morgan fingerprint density at radius 2 is 1.09 bits per heavy atom. The van der Waals surface area contributed by atoms with Gasteiger partial charge >= 0.3 is 0 Å². The van der Waals surface area contributed by atoms with Crippen LogP contribution in [0, 0.1) is 11.8 Å². The lowest BCUT2D eigenvalue weighted by atomic mass is 9.82. The van der Waals surface area contributed by atoms with Crippen molar-refractivity contribution in [2.45, 2.75) is 161 Å². The zero-order valence-corrected chi connectivity index (χ0v) is 35.9. The maximum atomic E-state index is 12.4. The molecule has 0 bridgehead atoms. The van der Waals surface area contributed by atoms with E-state index in [4.69, 9.17) is 0 Å². The van der Waals surface area contributed by atoms with Gasteiger partial charge in [-0.15, -0.1) is 0 Å². The lowest BCUT2D eigenvalue weighted by molar-refractivity contribution is 0.0960. The number of nitrogens with one attached hydrogen (secondary N) is 3. The van der Waals surface area contributed by atoms with Gasteiger partial charge in [0.2, 0.25) is 0 Å². The number of para-hydroxylation sites is 2. The first kappa shape index (κ1) is 48.5. The number of carbonyl (C=O) groups is 2. The highest BCUT2D eigenvalue weighted by Gasteiger charge is 2.38. The third kappa shape index (κ3) is 14.7. The number of hydrogen-bond acceptors (Lipinski definition) is 7. The standard InChI is InChI=1S/C22H32N2O.C14H18N2O.C8H15Br.C2H6S.2CH4/c25-21-10-12-22(23-20-9-5-4-8-19(20)21)13-16-24(17-14-22)15-11-18-6-2-1-3-7-18;17-13-5-6-14(7-9-15-10-8-14)16-12-4-2-1-3-11(12)13;9-7-6-8-4-2-1-3-5-8;1-2-3;;/h4-5,8-9,18,23H,1-3,6-7,10-17H2;1-4,15-16H,5-10H2;8H,1-7H2;3H,2H2,1H3;2*1H4. The van der Waals surface area contributed by atoms with Crippen molar-refractivity contribution in [3.63, 3.8) is 0 Å². The van der Waals surface area contributed by atoms with Crippen molar-refractivity contribution < 1.29 is 9.59 Å². The number of benzene rings is 2. The van der Waals surface area contributed by atoms with Crippen LogP contribution in [-0.4, -0.2) is 71.4 Å². The number of halogens is 1. The minimum absolute atomic E-state index is 0. The fourth-order valence-corrected chi connectivity index (χ4v) is 10.3. The van der Waals surface area contributed by atoms with E-state index in [0.29, 0.717) is 18.6 Å². The van der Waals surface area contributed by atoms with Crippen LogP contribution in [0.2, 0.25) is 0 Å². The van der Waals surface area contributed by atoms with Crippen molar-refractivity contribution in [1.29, 1.82) is 0 Å². The van der Waals surface area contributed by atoms with E-state index >= 15 is 0 Å². The summed E-state index contributed by atoms with van der Waals surface area (Å²) in [6.45, 7) is 7.71. The summed E-state index contributed by atoms with van der Waals surface area (Å²) >= 11 is 7.27. The fraction of sp³-hybridized carbons (Fsp3) is 0.708. The van der Waals surface area contributed by atoms with Gasteiger partial charge in [0.1, 0.15) is 0 Å². The van der Waals surface area contributed by atoms with E-state index in [-0.39, 0.29) is 31.7 Å². The number of Topliss-reactive ketones (excluding diaryl/α,β-unsaturated/α-hetero) is 2. The van der Waals surface area contributed by atoms with Crippen LogP contribution in [0.15, 0.2) is 48.5 Å². The summed E-state index contributed by atoms with van der Waals surface area (Å²) in [7, 11) is 0. The molecule has 6 nitrogen and oxygen atoms in total. The summed E-state index contributed by atoms with van der Waals surface area (Å²) in [4.78, 5) is 27.2. The third-order valence-electron chi connectivity index (χ3n) is 13.1. The minimum atomic E-state index is 0. The largest absolute Gasteiger partial charge is 0.379 e. The van der Waals surface area contributed by atoms with Crippen molar-refractivity contribution in [2.24, 2.45) is 11.8 Å². The highest BCUT2D eigenvalue weighted by molar-refractivity contribution is 9.09. The molecule has 3 N–H and O–H groups in total. The van der Waals surface area contributed by atoms with Gasteiger partial charge < -0.3 is 20.9 Å². The number of carbonyl (C=O) groups excluding carboxylic acids is 2. The molecule has 316 valence electrons. The Labute approximate surface area is 356 Å². The normalized spacial score (nSPS) is 21.8. The van der Waals surface area contributed by atoms with Crippen LogP contribution in [0.1, 0.15) is 171 Å². The lowest BCUT2D eigenvalue weighted by Gasteiger charge is -2.43. The molecule has 56 heavy (non-hydrogen) atoms. The summed E-state index contributed by atoms with van der Waals surface area (Å²) in [5.41, 5.74) is 4.09. The lowest BCUT2D eigenvalue weighted by Crippen LogP contribution is -2.49. The second-order valence-corrected chi connectivity index (χ2v) is 18.4. The number of ketones is 2. The Kier molecular flexibility index (Phi) is 22.2. The highest BCUT2D eigenvalue weighted by atomic mass is 79.9. The van der Waals surface area contributed by atoms with Crippen LogP contribution in [0.25, 0.3) is 0 Å². The van der Waals surface area contributed by atoms with Crippen LogP contribution in [0.4, 0.5) is 11.4 Å². The maximum Gasteiger partial charge on any atom is 0.165 e. The minimum Gasteiger partial charge on any atom is -0.379 e. The molecule has 8 rings (SSSR count). The number of nitrogens with zero attached hydrogens (tertiary/aromatic N) is 1. The van der Waals surface area contributed by atoms with Gasteiger partial charge in [0.25, 0.3) is 0 Å². The number of hydrogen-bond donors (Lipinski definition) is 4. The van der Waals surface area contributed by atoms with Crippen molar-refractivity contribution >= 4 is 51.5 Å². The molecule has 0 unspecified atom stereocenters. The molecule has 0 amide bonds. The molecule has 2 aromatic rings. The van der Waals surface area contributed by atoms with E-state index in [1.165, 1.54) is 115 Å². The van der Waals surface area contributed by atoms with E-state index < -0.39 is 0 Å². The van der Waals surface area contributed by atoms with Crippen LogP contribution in [0.5, 0.6) is 0 Å². The third-order valence-corrected chi connectivity index (χ3v) is 13.6. The maximum absolute atomic E-state index is 12.4. The van der Waals surface area contributed by atoms with Gasteiger partial charge in [-0.05, 0) is 113 Å². The van der Waals surface area contributed by atoms with Crippen molar-refractivity contribution in [3.8, 4) is 0 Å². The SMILES string of the molecule is BrCCC1CCCCC1.C.C.CCS.O=C1CCC2(CCN(CCC3CCCCC3)CC2)Nc2ccccc21.O=C1CCC2(CCNCC2)Nc2ccccc21. The summed E-state index contributed by atoms with van der Waals surface area (Å²) in [6.07, 6.45) is 25.3. The Balaban J connectivity index is 0.000000235. The quantitative estimate of drug-likeness (QED) is 0.177. The van der Waals surface area contributed by atoms with Gasteiger partial charge in [0.15, 0.2) is 11.6 Å². The Bertz CT molecular complexity index is 1410. The molecule has 4 aliphatic heterocycles. The molecule has 2 saturated carbocycles. The first-order valence-corrected chi connectivity index (χ1v) is 23.5. The molecule has 2 aliphatic carbocycles. The number of thiol groups is 1. The van der Waals surface area contributed by atoms with Gasteiger partial charge in [0, 0.05) is 64.8 Å². The summed E-state index contributed by atoms with van der Waals surface area (Å²) < 4.78 is 0. The molecule has 6 aliphatic rings. The molecule has 0 atom stereocenters. The van der Waals surface area contributed by atoms with E-state index in [0.717, 1.165) is 78.9 Å². The fourth-order valence-electron chi connectivity index (χ4n) is 9.67. The zero-order chi connectivity index (χ0) is 38.1. The highest BCUT2D eigenvalue weighted by Crippen LogP contribution is 2.37. The zero-order valence-electron chi connectivity index (χ0n) is 33.5.